The van der Waals surface area contributed by atoms with E-state index < -0.39 is 21.8 Å². The van der Waals surface area contributed by atoms with Crippen molar-refractivity contribution in [3.8, 4) is 0 Å². The number of rotatable bonds is 4. The summed E-state index contributed by atoms with van der Waals surface area (Å²) in [4.78, 5) is 12.7. The predicted molar refractivity (Wildman–Crippen MR) is 97.7 cm³/mol. The quantitative estimate of drug-likeness (QED) is 0.891. The van der Waals surface area contributed by atoms with E-state index in [-0.39, 0.29) is 23.0 Å². The Morgan fingerprint density at radius 3 is 2.54 bits per heavy atom. The molecule has 0 spiro atoms. The Hall–Kier alpha value is -2.25. The van der Waals surface area contributed by atoms with Crippen molar-refractivity contribution in [2.45, 2.75) is 24.7 Å². The zero-order chi connectivity index (χ0) is 18.7. The van der Waals surface area contributed by atoms with Crippen LogP contribution in [0.1, 0.15) is 18.4 Å². The summed E-state index contributed by atoms with van der Waals surface area (Å²) in [5.74, 6) is -1.39. The van der Waals surface area contributed by atoms with Crippen LogP contribution in [0.25, 0.3) is 0 Å². The number of amides is 1. The molecule has 0 unspecified atom stereocenters. The molecule has 0 bridgehead atoms. The lowest BCUT2D eigenvalue weighted by Gasteiger charge is -2.31. The van der Waals surface area contributed by atoms with Gasteiger partial charge in [0.2, 0.25) is 15.9 Å². The summed E-state index contributed by atoms with van der Waals surface area (Å²) in [5.41, 5.74) is 1.08. The fraction of sp³-hybridized carbons (Fsp3) is 0.316. The fourth-order valence-electron chi connectivity index (χ4n) is 3.03. The summed E-state index contributed by atoms with van der Waals surface area (Å²) in [5, 5.41) is 2.56. The van der Waals surface area contributed by atoms with Crippen LogP contribution in [0.2, 0.25) is 0 Å². The molecule has 3 rings (SSSR count). The van der Waals surface area contributed by atoms with Crippen molar-refractivity contribution in [1.82, 2.24) is 4.31 Å². The van der Waals surface area contributed by atoms with Crippen LogP contribution >= 0.6 is 0 Å². The van der Waals surface area contributed by atoms with Gasteiger partial charge >= 0.3 is 0 Å². The molecule has 1 fully saturated rings. The second-order valence-corrected chi connectivity index (χ2v) is 8.42. The number of hydrogen-bond acceptors (Lipinski definition) is 3. The number of anilines is 1. The van der Waals surface area contributed by atoms with E-state index in [1.165, 1.54) is 16.4 Å². The zero-order valence-electron chi connectivity index (χ0n) is 14.5. The van der Waals surface area contributed by atoms with Crippen LogP contribution in [0.5, 0.6) is 0 Å². The Kier molecular flexibility index (Phi) is 5.38. The molecule has 7 heteroatoms. The van der Waals surface area contributed by atoms with Gasteiger partial charge in [-0.25, -0.2) is 12.8 Å². The van der Waals surface area contributed by atoms with Crippen molar-refractivity contribution in [3.05, 3.63) is 59.9 Å². The second-order valence-electron chi connectivity index (χ2n) is 6.48. The molecule has 1 atom stereocenters. The molecule has 1 heterocycles. The van der Waals surface area contributed by atoms with E-state index in [1.807, 2.05) is 6.92 Å². The van der Waals surface area contributed by atoms with Gasteiger partial charge in [-0.05, 0) is 44.0 Å². The third-order valence-electron chi connectivity index (χ3n) is 4.55. The van der Waals surface area contributed by atoms with E-state index in [4.69, 9.17) is 0 Å². The van der Waals surface area contributed by atoms with Gasteiger partial charge in [-0.2, -0.15) is 4.31 Å². The van der Waals surface area contributed by atoms with Crippen molar-refractivity contribution < 1.29 is 17.6 Å². The van der Waals surface area contributed by atoms with Crippen LogP contribution in [0.15, 0.2) is 53.4 Å². The molecule has 0 saturated carbocycles. The SMILES string of the molecule is Cc1ccc(S(=O)(=O)N2CCC[C@H](C(=O)Nc3ccccc3F)C2)cc1. The number of hydrogen-bond donors (Lipinski definition) is 1. The number of sulfonamides is 1. The molecule has 0 aromatic heterocycles. The van der Waals surface area contributed by atoms with Gasteiger partial charge in [-0.1, -0.05) is 29.8 Å². The average Bonchev–Trinajstić information content (AvgIpc) is 2.64. The Balaban J connectivity index is 1.73. The maximum absolute atomic E-state index is 13.7. The van der Waals surface area contributed by atoms with Gasteiger partial charge in [0.15, 0.2) is 0 Å². The summed E-state index contributed by atoms with van der Waals surface area (Å²) in [6, 6.07) is 12.6. The van der Waals surface area contributed by atoms with Crippen molar-refractivity contribution >= 4 is 21.6 Å². The number of benzene rings is 2. The van der Waals surface area contributed by atoms with Crippen LogP contribution in [-0.2, 0) is 14.8 Å². The molecule has 26 heavy (non-hydrogen) atoms. The Bertz CT molecular complexity index is 897. The van der Waals surface area contributed by atoms with Gasteiger partial charge in [0, 0.05) is 13.1 Å². The highest BCUT2D eigenvalue weighted by molar-refractivity contribution is 7.89. The number of carbonyl (C=O) groups excluding carboxylic acids is 1. The molecule has 2 aromatic carbocycles. The number of piperidine rings is 1. The van der Waals surface area contributed by atoms with Gasteiger partial charge in [0.1, 0.15) is 5.82 Å². The van der Waals surface area contributed by atoms with E-state index in [1.54, 1.807) is 36.4 Å². The minimum atomic E-state index is -3.65. The van der Waals surface area contributed by atoms with Gasteiger partial charge in [-0.3, -0.25) is 4.79 Å². The summed E-state index contributed by atoms with van der Waals surface area (Å²) in [6.45, 7) is 2.36. The van der Waals surface area contributed by atoms with Crippen LogP contribution in [0.4, 0.5) is 10.1 Å². The molecule has 1 amide bonds. The number of nitrogens with one attached hydrogen (secondary N) is 1. The maximum atomic E-state index is 13.7. The highest BCUT2D eigenvalue weighted by Gasteiger charge is 2.33. The summed E-state index contributed by atoms with van der Waals surface area (Å²) < 4.78 is 40.7. The number of nitrogens with zero attached hydrogens (tertiary/aromatic N) is 1. The normalized spacial score (nSPS) is 18.5. The lowest BCUT2D eigenvalue weighted by Crippen LogP contribution is -2.43. The molecule has 0 radical (unpaired) electrons. The highest BCUT2D eigenvalue weighted by Crippen LogP contribution is 2.25. The molecule has 2 aromatic rings. The summed E-state index contributed by atoms with van der Waals surface area (Å²) in [6.07, 6.45) is 1.15. The molecule has 1 aliphatic rings. The largest absolute Gasteiger partial charge is 0.323 e. The van der Waals surface area contributed by atoms with Crippen molar-refractivity contribution in [2.24, 2.45) is 5.92 Å². The number of aryl methyl sites for hydroxylation is 1. The smallest absolute Gasteiger partial charge is 0.243 e. The lowest BCUT2D eigenvalue weighted by atomic mass is 9.98. The lowest BCUT2D eigenvalue weighted by molar-refractivity contribution is -0.120. The zero-order valence-corrected chi connectivity index (χ0v) is 15.3. The number of halogens is 1. The highest BCUT2D eigenvalue weighted by atomic mass is 32.2. The fourth-order valence-corrected chi connectivity index (χ4v) is 4.56. The molecular weight excluding hydrogens is 355 g/mol. The van der Waals surface area contributed by atoms with Gasteiger partial charge in [-0.15, -0.1) is 0 Å². The van der Waals surface area contributed by atoms with Crippen molar-refractivity contribution in [3.63, 3.8) is 0 Å². The van der Waals surface area contributed by atoms with Gasteiger partial charge in [0.05, 0.1) is 16.5 Å². The predicted octanol–water partition coefficient (Wildman–Crippen LogP) is 3.17. The summed E-state index contributed by atoms with van der Waals surface area (Å²) >= 11 is 0. The molecule has 0 aliphatic carbocycles. The molecule has 1 N–H and O–H groups in total. The van der Waals surface area contributed by atoms with Crippen LogP contribution in [-0.4, -0.2) is 31.7 Å². The van der Waals surface area contributed by atoms with E-state index in [0.717, 1.165) is 5.56 Å². The van der Waals surface area contributed by atoms with E-state index >= 15 is 0 Å². The molecule has 138 valence electrons. The van der Waals surface area contributed by atoms with Crippen LogP contribution in [0, 0.1) is 18.7 Å². The first-order valence-corrected chi connectivity index (χ1v) is 9.94. The maximum Gasteiger partial charge on any atom is 0.243 e. The monoisotopic (exact) mass is 376 g/mol. The molecule has 1 aliphatic heterocycles. The van der Waals surface area contributed by atoms with E-state index in [0.29, 0.717) is 19.4 Å². The second kappa shape index (κ2) is 7.55. The standard InChI is InChI=1S/C19H21FN2O3S/c1-14-8-10-16(11-9-14)26(24,25)22-12-4-5-15(13-22)19(23)21-18-7-3-2-6-17(18)20/h2-3,6-11,15H,4-5,12-13H2,1H3,(H,21,23)/t15-/m0/s1. The first-order chi connectivity index (χ1) is 12.4. The average molecular weight is 376 g/mol. The minimum Gasteiger partial charge on any atom is -0.323 e. The Morgan fingerprint density at radius 2 is 1.85 bits per heavy atom. The minimum absolute atomic E-state index is 0.0937. The van der Waals surface area contributed by atoms with Crippen molar-refractivity contribution in [2.75, 3.05) is 18.4 Å². The first kappa shape index (κ1) is 18.5. The Labute approximate surface area is 152 Å². The van der Waals surface area contributed by atoms with E-state index in [2.05, 4.69) is 5.32 Å². The topological polar surface area (TPSA) is 66.5 Å². The molecule has 5 nitrogen and oxygen atoms in total. The third-order valence-corrected chi connectivity index (χ3v) is 6.42. The number of para-hydroxylation sites is 1. The first-order valence-electron chi connectivity index (χ1n) is 8.50. The van der Waals surface area contributed by atoms with Gasteiger partial charge < -0.3 is 5.32 Å². The van der Waals surface area contributed by atoms with E-state index in [9.17, 15) is 17.6 Å². The number of carbonyl (C=O) groups is 1. The van der Waals surface area contributed by atoms with Crippen LogP contribution in [0.3, 0.4) is 0 Å². The Morgan fingerprint density at radius 1 is 1.15 bits per heavy atom. The molecular formula is C19H21FN2O3S. The van der Waals surface area contributed by atoms with Gasteiger partial charge in [0.25, 0.3) is 0 Å². The third kappa shape index (κ3) is 3.94. The van der Waals surface area contributed by atoms with Crippen LogP contribution < -0.4 is 5.32 Å². The molecule has 1 saturated heterocycles. The summed E-state index contributed by atoms with van der Waals surface area (Å²) in [7, 11) is -3.65. The van der Waals surface area contributed by atoms with Crippen molar-refractivity contribution in [1.29, 1.82) is 0 Å².